The minimum atomic E-state index is -0.210. The molecule has 0 bridgehead atoms. The van der Waals surface area contributed by atoms with E-state index in [0.717, 1.165) is 16.1 Å². The molecular formula is C35H53N3O4S. The van der Waals surface area contributed by atoms with Crippen molar-refractivity contribution in [2.24, 2.45) is 0 Å². The van der Waals surface area contributed by atoms with E-state index in [4.69, 9.17) is 0 Å². The number of carbonyl (C=O) groups excluding carboxylic acids is 2. The Kier molecular flexibility index (Phi) is 22.2. The molecule has 1 heterocycles. The Balaban J connectivity index is 0.00000105. The van der Waals surface area contributed by atoms with Gasteiger partial charge in [-0.1, -0.05) is 91.1 Å². The number of unbranched alkanes of at least 4 members (excludes halogenated alkanes) is 2. The van der Waals surface area contributed by atoms with E-state index in [9.17, 15) is 14.4 Å². The lowest BCUT2D eigenvalue weighted by Gasteiger charge is -2.22. The first-order chi connectivity index (χ1) is 20.8. The molecular weight excluding hydrogens is 558 g/mol. The van der Waals surface area contributed by atoms with Crippen LogP contribution in [0.2, 0.25) is 0 Å². The molecule has 238 valence electrons. The number of rotatable bonds is 11. The van der Waals surface area contributed by atoms with Crippen molar-refractivity contribution in [3.05, 3.63) is 76.8 Å². The third-order valence-electron chi connectivity index (χ3n) is 6.07. The van der Waals surface area contributed by atoms with Crippen molar-refractivity contribution in [1.29, 1.82) is 0 Å². The highest BCUT2D eigenvalue weighted by molar-refractivity contribution is 7.98. The number of aryl methyl sites for hydroxylation is 1. The van der Waals surface area contributed by atoms with Crippen molar-refractivity contribution in [2.75, 3.05) is 24.3 Å². The Morgan fingerprint density at radius 1 is 0.907 bits per heavy atom. The third kappa shape index (κ3) is 14.6. The third-order valence-corrected chi connectivity index (χ3v) is 6.81. The van der Waals surface area contributed by atoms with E-state index in [1.807, 2.05) is 88.5 Å². The molecule has 7 nitrogen and oxygen atoms in total. The second-order valence-electron chi connectivity index (χ2n) is 9.05. The fourth-order valence-electron chi connectivity index (χ4n) is 3.85. The SMILES string of the molecule is CC.CCCCC.CCOC(=O)CC.CCc1nc(-c2ccccc2)cc(=O)n1CC(=O)N(CC)c1ccc(SC)cc1. The molecule has 0 radical (unpaired) electrons. The van der Waals surface area contributed by atoms with Crippen LogP contribution in [-0.4, -0.2) is 40.8 Å². The summed E-state index contributed by atoms with van der Waals surface area (Å²) in [4.78, 5) is 43.5. The van der Waals surface area contributed by atoms with Crippen LogP contribution in [0.15, 0.2) is 70.4 Å². The molecule has 0 atom stereocenters. The molecule has 1 aromatic heterocycles. The van der Waals surface area contributed by atoms with E-state index in [-0.39, 0.29) is 24.0 Å². The van der Waals surface area contributed by atoms with Crippen LogP contribution in [0.3, 0.4) is 0 Å². The van der Waals surface area contributed by atoms with Gasteiger partial charge in [-0.05, 0) is 44.4 Å². The fraction of sp³-hybridized carbons (Fsp3) is 0.486. The number of anilines is 1. The normalized spacial score (nSPS) is 9.70. The molecule has 0 N–H and O–H groups in total. The zero-order valence-corrected chi connectivity index (χ0v) is 28.6. The van der Waals surface area contributed by atoms with E-state index in [0.29, 0.717) is 37.5 Å². The van der Waals surface area contributed by atoms with Crippen molar-refractivity contribution in [3.8, 4) is 11.3 Å². The van der Waals surface area contributed by atoms with Gasteiger partial charge in [0, 0.05) is 41.6 Å². The average Bonchev–Trinajstić information content (AvgIpc) is 3.05. The first-order valence-electron chi connectivity index (χ1n) is 15.6. The number of benzene rings is 2. The number of esters is 1. The van der Waals surface area contributed by atoms with Gasteiger partial charge in [0.05, 0.1) is 12.3 Å². The van der Waals surface area contributed by atoms with Crippen LogP contribution in [0.5, 0.6) is 0 Å². The van der Waals surface area contributed by atoms with E-state index < -0.39 is 0 Å². The molecule has 3 aromatic rings. The minimum Gasteiger partial charge on any atom is -0.466 e. The van der Waals surface area contributed by atoms with Crippen LogP contribution in [0.4, 0.5) is 5.69 Å². The summed E-state index contributed by atoms with van der Waals surface area (Å²) >= 11 is 1.66. The molecule has 0 saturated heterocycles. The number of carbonyl (C=O) groups is 2. The lowest BCUT2D eigenvalue weighted by Crippen LogP contribution is -2.37. The highest BCUT2D eigenvalue weighted by Crippen LogP contribution is 2.21. The van der Waals surface area contributed by atoms with Crippen LogP contribution in [0.1, 0.15) is 86.9 Å². The van der Waals surface area contributed by atoms with Crippen LogP contribution in [0.25, 0.3) is 11.3 Å². The van der Waals surface area contributed by atoms with Gasteiger partial charge in [0.15, 0.2) is 0 Å². The molecule has 0 aliphatic heterocycles. The van der Waals surface area contributed by atoms with Gasteiger partial charge in [0.2, 0.25) is 5.91 Å². The van der Waals surface area contributed by atoms with E-state index in [1.165, 1.54) is 29.9 Å². The molecule has 3 rings (SSSR count). The molecule has 1 amide bonds. The first-order valence-corrected chi connectivity index (χ1v) is 16.8. The van der Waals surface area contributed by atoms with Crippen LogP contribution in [-0.2, 0) is 27.3 Å². The number of hydrogen-bond donors (Lipinski definition) is 0. The maximum atomic E-state index is 13.0. The molecule has 43 heavy (non-hydrogen) atoms. The summed E-state index contributed by atoms with van der Waals surface area (Å²) in [5.41, 5.74) is 2.14. The maximum absolute atomic E-state index is 13.0. The van der Waals surface area contributed by atoms with Gasteiger partial charge >= 0.3 is 5.97 Å². The van der Waals surface area contributed by atoms with E-state index in [2.05, 4.69) is 23.6 Å². The highest BCUT2D eigenvalue weighted by Gasteiger charge is 2.18. The number of hydrogen-bond acceptors (Lipinski definition) is 6. The van der Waals surface area contributed by atoms with Crippen LogP contribution >= 0.6 is 11.8 Å². The molecule has 0 aliphatic carbocycles. The topological polar surface area (TPSA) is 81.5 Å². The molecule has 8 heteroatoms. The summed E-state index contributed by atoms with van der Waals surface area (Å²) in [6.45, 7) is 16.9. The lowest BCUT2D eigenvalue weighted by molar-refractivity contribution is -0.142. The molecule has 0 fully saturated rings. The summed E-state index contributed by atoms with van der Waals surface area (Å²) in [6, 6.07) is 19.0. The van der Waals surface area contributed by atoms with Gasteiger partial charge in [0.25, 0.3) is 5.56 Å². The van der Waals surface area contributed by atoms with Gasteiger partial charge in [0.1, 0.15) is 12.4 Å². The average molecular weight is 612 g/mol. The standard InChI is InChI=1S/C23H25N3O2S.C5H10O2.C5H12.C2H6/c1-4-21-24-20(17-9-7-6-8-10-17)15-22(27)26(21)16-23(28)25(5-2)18-11-13-19(29-3)14-12-18;1-3-5(6)7-4-2;1-3-5-4-2;1-2/h6-15H,4-5,16H2,1-3H3;3-4H2,1-2H3;3-5H2,1-2H3;1-2H3. The number of thioether (sulfide) groups is 1. The monoisotopic (exact) mass is 611 g/mol. The predicted molar refractivity (Wildman–Crippen MR) is 183 cm³/mol. The van der Waals surface area contributed by atoms with Gasteiger partial charge in [-0.2, -0.15) is 0 Å². The van der Waals surface area contributed by atoms with Crippen molar-refractivity contribution in [3.63, 3.8) is 0 Å². The number of amides is 1. The number of aromatic nitrogens is 2. The van der Waals surface area contributed by atoms with E-state index in [1.54, 1.807) is 30.5 Å². The van der Waals surface area contributed by atoms with Crippen LogP contribution in [0, 0.1) is 0 Å². The summed E-state index contributed by atoms with van der Waals surface area (Å²) in [5.74, 6) is 0.358. The zero-order valence-electron chi connectivity index (χ0n) is 27.8. The Labute approximate surface area is 264 Å². The predicted octanol–water partition coefficient (Wildman–Crippen LogP) is 8.43. The van der Waals surface area contributed by atoms with Crippen LogP contribution < -0.4 is 10.5 Å². The number of nitrogens with zero attached hydrogens (tertiary/aromatic N) is 3. The van der Waals surface area contributed by atoms with Crippen molar-refractivity contribution in [1.82, 2.24) is 9.55 Å². The number of ether oxygens (including phenoxy) is 1. The van der Waals surface area contributed by atoms with Gasteiger partial charge in [-0.15, -0.1) is 11.8 Å². The minimum absolute atomic E-state index is 0.0256. The fourth-order valence-corrected chi connectivity index (χ4v) is 4.26. The second kappa shape index (κ2) is 24.1. The number of likely N-dealkylation sites (N-methyl/N-ethyl adjacent to an activating group) is 1. The molecule has 0 saturated carbocycles. The van der Waals surface area contributed by atoms with E-state index >= 15 is 0 Å². The molecule has 0 aliphatic rings. The highest BCUT2D eigenvalue weighted by atomic mass is 32.2. The Morgan fingerprint density at radius 2 is 1.51 bits per heavy atom. The molecule has 2 aromatic carbocycles. The summed E-state index contributed by atoms with van der Waals surface area (Å²) in [6.07, 6.45) is 7.14. The summed E-state index contributed by atoms with van der Waals surface area (Å²) in [5, 5.41) is 0. The molecule has 0 unspecified atom stereocenters. The Bertz CT molecular complexity index is 1230. The summed E-state index contributed by atoms with van der Waals surface area (Å²) < 4.78 is 6.03. The largest absolute Gasteiger partial charge is 0.466 e. The molecule has 0 spiro atoms. The van der Waals surface area contributed by atoms with Crippen molar-refractivity contribution >= 4 is 29.3 Å². The Morgan fingerprint density at radius 3 is 1.93 bits per heavy atom. The smallest absolute Gasteiger partial charge is 0.305 e. The maximum Gasteiger partial charge on any atom is 0.305 e. The van der Waals surface area contributed by atoms with Gasteiger partial charge in [-0.25, -0.2) is 4.98 Å². The van der Waals surface area contributed by atoms with Crippen molar-refractivity contribution in [2.45, 2.75) is 98.9 Å². The Hall–Kier alpha value is -3.39. The van der Waals surface area contributed by atoms with Gasteiger partial charge in [-0.3, -0.25) is 19.0 Å². The zero-order chi connectivity index (χ0) is 32.6. The second-order valence-corrected chi connectivity index (χ2v) is 9.93. The quantitative estimate of drug-likeness (QED) is 0.160. The lowest BCUT2D eigenvalue weighted by atomic mass is 10.1. The summed E-state index contributed by atoms with van der Waals surface area (Å²) in [7, 11) is 0. The van der Waals surface area contributed by atoms with Gasteiger partial charge < -0.3 is 9.64 Å². The van der Waals surface area contributed by atoms with Crippen molar-refractivity contribution < 1.29 is 14.3 Å². The first kappa shape index (κ1) is 39.6.